The van der Waals surface area contributed by atoms with Crippen molar-refractivity contribution in [2.24, 2.45) is 5.92 Å². The van der Waals surface area contributed by atoms with E-state index in [1.54, 1.807) is 16.7 Å². The van der Waals surface area contributed by atoms with Gasteiger partial charge < -0.3 is 15.5 Å². The van der Waals surface area contributed by atoms with Gasteiger partial charge in [0.25, 0.3) is 0 Å². The van der Waals surface area contributed by atoms with Crippen molar-refractivity contribution in [3.63, 3.8) is 0 Å². The third-order valence-electron chi connectivity index (χ3n) is 4.62. The SMILES string of the molecule is CCCCN1C(=O)NC(=O)C2C(c3ccc(SC)cc3)NC(=O)NC21. The van der Waals surface area contributed by atoms with E-state index in [9.17, 15) is 14.4 Å². The summed E-state index contributed by atoms with van der Waals surface area (Å²) in [7, 11) is 0. The molecule has 0 aromatic heterocycles. The predicted molar refractivity (Wildman–Crippen MR) is 95.1 cm³/mol. The van der Waals surface area contributed by atoms with Crippen LogP contribution in [0.4, 0.5) is 9.59 Å². The smallest absolute Gasteiger partial charge is 0.325 e. The second-order valence-electron chi connectivity index (χ2n) is 6.18. The number of carbonyl (C=O) groups is 3. The maximum atomic E-state index is 12.5. The molecule has 0 aliphatic carbocycles. The molecule has 25 heavy (non-hydrogen) atoms. The molecule has 3 N–H and O–H groups in total. The van der Waals surface area contributed by atoms with Crippen molar-refractivity contribution in [2.75, 3.05) is 12.8 Å². The Kier molecular flexibility index (Phi) is 5.17. The normalized spacial score (nSPS) is 25.8. The Bertz CT molecular complexity index is 679. The highest BCUT2D eigenvalue weighted by Gasteiger charge is 2.49. The number of hydrogen-bond acceptors (Lipinski definition) is 4. The van der Waals surface area contributed by atoms with Crippen LogP contribution in [-0.2, 0) is 4.79 Å². The molecule has 2 aliphatic heterocycles. The zero-order valence-electron chi connectivity index (χ0n) is 14.2. The molecular formula is C17H22N4O3S. The minimum atomic E-state index is -0.633. The summed E-state index contributed by atoms with van der Waals surface area (Å²) in [6.45, 7) is 2.52. The Labute approximate surface area is 150 Å². The maximum Gasteiger partial charge on any atom is 0.325 e. The van der Waals surface area contributed by atoms with Gasteiger partial charge in [-0.3, -0.25) is 10.1 Å². The number of hydrogen-bond donors (Lipinski definition) is 3. The van der Waals surface area contributed by atoms with Crippen LogP contribution in [0.1, 0.15) is 31.4 Å². The van der Waals surface area contributed by atoms with Crippen LogP contribution >= 0.6 is 11.8 Å². The van der Waals surface area contributed by atoms with E-state index in [0.29, 0.717) is 6.54 Å². The van der Waals surface area contributed by atoms with Crippen LogP contribution in [0.15, 0.2) is 29.2 Å². The van der Waals surface area contributed by atoms with Gasteiger partial charge in [-0.05, 0) is 30.4 Å². The van der Waals surface area contributed by atoms with Gasteiger partial charge in [0, 0.05) is 11.4 Å². The highest BCUT2D eigenvalue weighted by Crippen LogP contribution is 2.32. The van der Waals surface area contributed by atoms with E-state index in [1.807, 2.05) is 37.4 Å². The van der Waals surface area contributed by atoms with Crippen molar-refractivity contribution in [3.05, 3.63) is 29.8 Å². The molecule has 134 valence electrons. The predicted octanol–water partition coefficient (Wildman–Crippen LogP) is 2.06. The molecule has 2 saturated heterocycles. The zero-order chi connectivity index (χ0) is 18.0. The Hall–Kier alpha value is -2.22. The standard InChI is InChI=1S/C17H22N4O3S/c1-3-4-9-21-14-12(15(22)20-17(21)24)13(18-16(23)19-14)10-5-7-11(25-2)8-6-10/h5-8,12-14H,3-4,9H2,1-2H3,(H2,18,19,23)(H,20,22,24). The first-order valence-corrected chi connectivity index (χ1v) is 9.60. The molecule has 2 heterocycles. The number of unbranched alkanes of at least 4 members (excludes halogenated alkanes) is 1. The summed E-state index contributed by atoms with van der Waals surface area (Å²) < 4.78 is 0. The summed E-state index contributed by atoms with van der Waals surface area (Å²) in [5, 5.41) is 8.01. The first-order chi connectivity index (χ1) is 12.0. The highest BCUT2D eigenvalue weighted by atomic mass is 32.2. The largest absolute Gasteiger partial charge is 0.330 e. The number of amides is 5. The molecule has 2 aliphatic rings. The minimum Gasteiger partial charge on any atom is -0.330 e. The van der Waals surface area contributed by atoms with Crippen molar-refractivity contribution in [1.29, 1.82) is 0 Å². The van der Waals surface area contributed by atoms with Gasteiger partial charge in [-0.1, -0.05) is 25.5 Å². The number of nitrogens with one attached hydrogen (secondary N) is 3. The van der Waals surface area contributed by atoms with E-state index in [1.165, 1.54) is 0 Å². The van der Waals surface area contributed by atoms with Gasteiger partial charge >= 0.3 is 12.1 Å². The summed E-state index contributed by atoms with van der Waals surface area (Å²) >= 11 is 1.63. The number of benzene rings is 1. The van der Waals surface area contributed by atoms with Crippen LogP contribution < -0.4 is 16.0 Å². The summed E-state index contributed by atoms with van der Waals surface area (Å²) in [4.78, 5) is 39.6. The minimum absolute atomic E-state index is 0.366. The van der Waals surface area contributed by atoms with Crippen molar-refractivity contribution in [2.45, 2.75) is 36.9 Å². The van der Waals surface area contributed by atoms with Crippen LogP contribution in [0.25, 0.3) is 0 Å². The van der Waals surface area contributed by atoms with Gasteiger partial charge in [-0.25, -0.2) is 9.59 Å². The van der Waals surface area contributed by atoms with Crippen molar-refractivity contribution in [1.82, 2.24) is 20.9 Å². The number of thioether (sulfide) groups is 1. The molecule has 0 bridgehead atoms. The second kappa shape index (κ2) is 7.35. The fourth-order valence-electron chi connectivity index (χ4n) is 3.30. The van der Waals surface area contributed by atoms with Gasteiger partial charge in [0.2, 0.25) is 5.91 Å². The molecule has 0 saturated carbocycles. The molecule has 2 fully saturated rings. The average molecular weight is 362 g/mol. The quantitative estimate of drug-likeness (QED) is 0.699. The number of urea groups is 2. The fourth-order valence-corrected chi connectivity index (χ4v) is 3.71. The average Bonchev–Trinajstić information content (AvgIpc) is 2.60. The van der Waals surface area contributed by atoms with Crippen LogP contribution in [-0.4, -0.2) is 41.8 Å². The van der Waals surface area contributed by atoms with E-state index < -0.39 is 24.2 Å². The summed E-state index contributed by atoms with van der Waals surface area (Å²) in [5.41, 5.74) is 0.850. The maximum absolute atomic E-state index is 12.5. The molecule has 0 radical (unpaired) electrons. The molecule has 8 heteroatoms. The van der Waals surface area contributed by atoms with E-state index in [2.05, 4.69) is 16.0 Å². The number of nitrogens with zero attached hydrogens (tertiary/aromatic N) is 1. The van der Waals surface area contributed by atoms with Crippen LogP contribution in [0.2, 0.25) is 0 Å². The molecule has 3 rings (SSSR count). The van der Waals surface area contributed by atoms with Crippen molar-refractivity contribution < 1.29 is 14.4 Å². The van der Waals surface area contributed by atoms with E-state index in [4.69, 9.17) is 0 Å². The molecular weight excluding hydrogens is 340 g/mol. The van der Waals surface area contributed by atoms with Crippen molar-refractivity contribution >= 4 is 29.7 Å². The first-order valence-electron chi connectivity index (χ1n) is 8.37. The Morgan fingerprint density at radius 3 is 2.48 bits per heavy atom. The highest BCUT2D eigenvalue weighted by molar-refractivity contribution is 7.98. The van der Waals surface area contributed by atoms with Gasteiger partial charge in [0.15, 0.2) is 0 Å². The summed E-state index contributed by atoms with van der Waals surface area (Å²) in [5.74, 6) is -0.943. The molecule has 0 spiro atoms. The third-order valence-corrected chi connectivity index (χ3v) is 5.37. The molecule has 3 atom stereocenters. The molecule has 1 aromatic rings. The van der Waals surface area contributed by atoms with E-state index in [-0.39, 0.29) is 11.9 Å². The van der Waals surface area contributed by atoms with Gasteiger partial charge in [0.05, 0.1) is 6.04 Å². The Balaban J connectivity index is 1.92. The van der Waals surface area contributed by atoms with Crippen LogP contribution in [0, 0.1) is 5.92 Å². The third kappa shape index (κ3) is 3.44. The molecule has 1 aromatic carbocycles. The molecule has 7 nitrogen and oxygen atoms in total. The van der Waals surface area contributed by atoms with E-state index in [0.717, 1.165) is 23.3 Å². The number of fused-ring (bicyclic) bond motifs is 1. The van der Waals surface area contributed by atoms with E-state index >= 15 is 0 Å². The topological polar surface area (TPSA) is 90.5 Å². The van der Waals surface area contributed by atoms with Crippen LogP contribution in [0.5, 0.6) is 0 Å². The lowest BCUT2D eigenvalue weighted by Crippen LogP contribution is -2.72. The zero-order valence-corrected chi connectivity index (χ0v) is 15.1. The fraction of sp³-hybridized carbons (Fsp3) is 0.471. The lowest BCUT2D eigenvalue weighted by atomic mass is 9.86. The van der Waals surface area contributed by atoms with Crippen molar-refractivity contribution in [3.8, 4) is 0 Å². The number of carbonyl (C=O) groups excluding carboxylic acids is 3. The number of imide groups is 1. The van der Waals surface area contributed by atoms with Gasteiger partial charge in [-0.2, -0.15) is 0 Å². The Morgan fingerprint density at radius 1 is 1.12 bits per heavy atom. The lowest BCUT2D eigenvalue weighted by Gasteiger charge is -2.46. The summed E-state index contributed by atoms with van der Waals surface area (Å²) in [6.07, 6.45) is 3.08. The monoisotopic (exact) mass is 362 g/mol. The Morgan fingerprint density at radius 2 is 1.84 bits per heavy atom. The lowest BCUT2D eigenvalue weighted by molar-refractivity contribution is -0.130. The van der Waals surface area contributed by atoms with Gasteiger partial charge in [-0.15, -0.1) is 11.8 Å². The number of rotatable bonds is 5. The second-order valence-corrected chi connectivity index (χ2v) is 7.06. The molecule has 3 unspecified atom stereocenters. The van der Waals surface area contributed by atoms with Gasteiger partial charge in [0.1, 0.15) is 12.1 Å². The first kappa shape index (κ1) is 17.6. The van der Waals surface area contributed by atoms with Crippen LogP contribution in [0.3, 0.4) is 0 Å². The summed E-state index contributed by atoms with van der Waals surface area (Å²) in [6, 6.07) is 6.46. The molecule has 5 amide bonds.